The number of carbonyl (C=O) groups is 1. The smallest absolute Gasteiger partial charge is 0.409 e. The first-order valence-corrected chi connectivity index (χ1v) is 10.6. The Balaban J connectivity index is 2.11. The molecule has 0 atom stereocenters. The Morgan fingerprint density at radius 1 is 1.20 bits per heavy atom. The lowest BCUT2D eigenvalue weighted by atomic mass is 9.88. The maximum atomic E-state index is 12.2. The van der Waals surface area contributed by atoms with Crippen LogP contribution in [0, 0.1) is 6.92 Å². The van der Waals surface area contributed by atoms with E-state index < -0.39 is 6.09 Å². The fourth-order valence-electron chi connectivity index (χ4n) is 3.87. The Morgan fingerprint density at radius 3 is 2.67 bits per heavy atom. The Hall–Kier alpha value is -2.95. The lowest BCUT2D eigenvalue weighted by Gasteiger charge is -2.27. The SMILES string of the molecule is C=C1Oc2cc(CCCCC)c(CN(C)C(=O)OCC)c(O)c2-c2cc(C)ccc21. The van der Waals surface area contributed by atoms with Gasteiger partial charge in [-0.2, -0.15) is 0 Å². The van der Waals surface area contributed by atoms with E-state index in [1.54, 1.807) is 14.0 Å². The van der Waals surface area contributed by atoms with Crippen molar-refractivity contribution in [3.05, 3.63) is 53.1 Å². The number of rotatable bonds is 7. The van der Waals surface area contributed by atoms with Gasteiger partial charge in [0.1, 0.15) is 17.3 Å². The quantitative estimate of drug-likeness (QED) is 0.565. The molecule has 3 rings (SSSR count). The van der Waals surface area contributed by atoms with Crippen molar-refractivity contribution < 1.29 is 19.4 Å². The molecule has 1 N–H and O–H groups in total. The number of benzene rings is 2. The third kappa shape index (κ3) is 4.30. The van der Waals surface area contributed by atoms with Gasteiger partial charge < -0.3 is 19.5 Å². The van der Waals surface area contributed by atoms with E-state index in [1.165, 1.54) is 4.90 Å². The van der Waals surface area contributed by atoms with Crippen molar-refractivity contribution in [3.63, 3.8) is 0 Å². The van der Waals surface area contributed by atoms with Crippen LogP contribution in [0.2, 0.25) is 0 Å². The van der Waals surface area contributed by atoms with Crippen LogP contribution < -0.4 is 4.74 Å². The van der Waals surface area contributed by atoms with Gasteiger partial charge in [0.15, 0.2) is 0 Å². The fraction of sp³-hybridized carbons (Fsp3) is 0.400. The zero-order valence-electron chi connectivity index (χ0n) is 18.4. The zero-order chi connectivity index (χ0) is 21.8. The van der Waals surface area contributed by atoms with Gasteiger partial charge in [0.25, 0.3) is 0 Å². The molecule has 0 unspecified atom stereocenters. The molecule has 0 bridgehead atoms. The van der Waals surface area contributed by atoms with E-state index >= 15 is 0 Å². The summed E-state index contributed by atoms with van der Waals surface area (Å²) in [5.41, 5.74) is 5.24. The molecule has 5 nitrogen and oxygen atoms in total. The number of hydrogen-bond donors (Lipinski definition) is 1. The largest absolute Gasteiger partial charge is 0.507 e. The van der Waals surface area contributed by atoms with Gasteiger partial charge in [0.2, 0.25) is 0 Å². The van der Waals surface area contributed by atoms with Crippen LogP contribution >= 0.6 is 0 Å². The summed E-state index contributed by atoms with van der Waals surface area (Å²) in [5.74, 6) is 1.35. The molecule has 1 aliphatic heterocycles. The molecule has 30 heavy (non-hydrogen) atoms. The van der Waals surface area contributed by atoms with E-state index in [-0.39, 0.29) is 12.3 Å². The number of aryl methyl sites for hydroxylation is 2. The molecule has 0 saturated heterocycles. The molecule has 0 fully saturated rings. The van der Waals surface area contributed by atoms with Crippen LogP contribution in [0.1, 0.15) is 55.4 Å². The van der Waals surface area contributed by atoms with Gasteiger partial charge in [0, 0.05) is 23.7 Å². The lowest BCUT2D eigenvalue weighted by Crippen LogP contribution is -2.27. The molecule has 0 saturated carbocycles. The van der Waals surface area contributed by atoms with Gasteiger partial charge in [-0.25, -0.2) is 4.79 Å². The van der Waals surface area contributed by atoms with Crippen molar-refractivity contribution in [3.8, 4) is 22.6 Å². The highest BCUT2D eigenvalue weighted by Gasteiger charge is 2.28. The molecule has 5 heteroatoms. The Kier molecular flexibility index (Phi) is 6.70. The first kappa shape index (κ1) is 21.8. The van der Waals surface area contributed by atoms with Crippen molar-refractivity contribution in [2.24, 2.45) is 0 Å². The Labute approximate surface area is 178 Å². The topological polar surface area (TPSA) is 59.0 Å². The number of phenolic OH excluding ortho intramolecular Hbond substituents is 1. The predicted octanol–water partition coefficient (Wildman–Crippen LogP) is 6.05. The number of nitrogens with zero attached hydrogens (tertiary/aromatic N) is 1. The molecule has 0 spiro atoms. The number of aromatic hydroxyl groups is 1. The normalized spacial score (nSPS) is 12.1. The van der Waals surface area contributed by atoms with Gasteiger partial charge in [-0.1, -0.05) is 50.1 Å². The van der Waals surface area contributed by atoms with Crippen LogP contribution in [0.4, 0.5) is 4.79 Å². The van der Waals surface area contributed by atoms with E-state index in [4.69, 9.17) is 9.47 Å². The highest BCUT2D eigenvalue weighted by atomic mass is 16.6. The zero-order valence-corrected chi connectivity index (χ0v) is 18.4. The van der Waals surface area contributed by atoms with E-state index in [9.17, 15) is 9.90 Å². The van der Waals surface area contributed by atoms with Gasteiger partial charge >= 0.3 is 6.09 Å². The molecular formula is C25H31NO4. The maximum absolute atomic E-state index is 12.2. The molecule has 160 valence electrons. The number of fused-ring (bicyclic) bond motifs is 3. The summed E-state index contributed by atoms with van der Waals surface area (Å²) >= 11 is 0. The minimum absolute atomic E-state index is 0.162. The summed E-state index contributed by atoms with van der Waals surface area (Å²) in [6, 6.07) is 8.01. The second kappa shape index (κ2) is 9.24. The predicted molar refractivity (Wildman–Crippen MR) is 120 cm³/mol. The first-order valence-electron chi connectivity index (χ1n) is 10.6. The molecule has 0 aliphatic carbocycles. The van der Waals surface area contributed by atoms with Crippen molar-refractivity contribution >= 4 is 11.9 Å². The van der Waals surface area contributed by atoms with Gasteiger partial charge in [-0.3, -0.25) is 0 Å². The third-order valence-corrected chi connectivity index (χ3v) is 5.46. The first-order chi connectivity index (χ1) is 14.4. The van der Waals surface area contributed by atoms with Crippen molar-refractivity contribution in [1.29, 1.82) is 0 Å². The molecule has 1 heterocycles. The third-order valence-electron chi connectivity index (χ3n) is 5.46. The molecular weight excluding hydrogens is 378 g/mol. The van der Waals surface area contributed by atoms with Gasteiger partial charge in [-0.05, 0) is 38.3 Å². The average Bonchev–Trinajstić information content (AvgIpc) is 2.70. The summed E-state index contributed by atoms with van der Waals surface area (Å²) in [6.45, 7) is 10.6. The van der Waals surface area contributed by atoms with E-state index in [0.29, 0.717) is 23.7 Å². The van der Waals surface area contributed by atoms with E-state index in [0.717, 1.165) is 53.5 Å². The maximum Gasteiger partial charge on any atom is 0.409 e. The van der Waals surface area contributed by atoms with E-state index in [2.05, 4.69) is 13.5 Å². The average molecular weight is 410 g/mol. The number of carbonyl (C=O) groups excluding carboxylic acids is 1. The van der Waals surface area contributed by atoms with Crippen LogP contribution in [0.5, 0.6) is 11.5 Å². The van der Waals surface area contributed by atoms with Crippen molar-refractivity contribution in [1.82, 2.24) is 4.90 Å². The molecule has 2 aromatic carbocycles. The second-order valence-corrected chi connectivity index (χ2v) is 7.82. The highest BCUT2D eigenvalue weighted by molar-refractivity contribution is 5.90. The van der Waals surface area contributed by atoms with E-state index in [1.807, 2.05) is 31.2 Å². The molecule has 1 aliphatic rings. The highest BCUT2D eigenvalue weighted by Crippen LogP contribution is 2.49. The van der Waals surface area contributed by atoms with Gasteiger partial charge in [0.05, 0.1) is 18.7 Å². The standard InChI is InChI=1S/C25H31NO4/c1-6-8-9-10-18-14-22-23(20-13-16(3)11-12-19(20)17(4)30-22)24(27)21(18)15-26(5)25(28)29-7-2/h11-14,27H,4,6-10,15H2,1-3,5H3. The number of unbranched alkanes of at least 4 members (excludes halogenated alkanes) is 2. The number of ether oxygens (including phenoxy) is 2. The van der Waals surface area contributed by atoms with Crippen LogP contribution in [0.3, 0.4) is 0 Å². The molecule has 1 amide bonds. The summed E-state index contributed by atoms with van der Waals surface area (Å²) in [5, 5.41) is 11.4. The Bertz CT molecular complexity index is 964. The van der Waals surface area contributed by atoms with Crippen LogP contribution in [0.15, 0.2) is 30.8 Å². The minimum Gasteiger partial charge on any atom is -0.507 e. The van der Waals surface area contributed by atoms with Crippen LogP contribution in [-0.2, 0) is 17.7 Å². The van der Waals surface area contributed by atoms with Crippen molar-refractivity contribution in [2.45, 2.75) is 53.0 Å². The minimum atomic E-state index is -0.407. The molecule has 0 aromatic heterocycles. The van der Waals surface area contributed by atoms with Crippen LogP contribution in [-0.4, -0.2) is 29.8 Å². The number of amides is 1. The summed E-state index contributed by atoms with van der Waals surface area (Å²) < 4.78 is 11.1. The molecule has 2 aromatic rings. The van der Waals surface area contributed by atoms with Crippen LogP contribution in [0.25, 0.3) is 16.9 Å². The lowest BCUT2D eigenvalue weighted by molar-refractivity contribution is 0.114. The summed E-state index contributed by atoms with van der Waals surface area (Å²) in [7, 11) is 1.68. The fourth-order valence-corrected chi connectivity index (χ4v) is 3.87. The van der Waals surface area contributed by atoms with Crippen molar-refractivity contribution in [2.75, 3.05) is 13.7 Å². The van der Waals surface area contributed by atoms with Gasteiger partial charge in [-0.15, -0.1) is 0 Å². The number of phenols is 1. The summed E-state index contributed by atoms with van der Waals surface area (Å²) in [6.07, 6.45) is 3.60. The Morgan fingerprint density at radius 2 is 1.97 bits per heavy atom. The monoisotopic (exact) mass is 409 g/mol. The second-order valence-electron chi connectivity index (χ2n) is 7.82. The number of hydrogen-bond acceptors (Lipinski definition) is 4. The molecule has 0 radical (unpaired) electrons. The summed E-state index contributed by atoms with van der Waals surface area (Å²) in [4.78, 5) is 13.7.